The first-order valence-electron chi connectivity index (χ1n) is 8.26. The highest BCUT2D eigenvalue weighted by Crippen LogP contribution is 2.13. The summed E-state index contributed by atoms with van der Waals surface area (Å²) in [5.74, 6) is 0.532. The maximum Gasteiger partial charge on any atom is 0.312 e. The SMILES string of the molecule is CC(C)CCSCC(=O)NC1CC(O)CN(C(=O)C(=O)N(C)C)C1. The third kappa shape index (κ3) is 7.09. The summed E-state index contributed by atoms with van der Waals surface area (Å²) in [4.78, 5) is 38.4. The molecule has 0 aromatic heterocycles. The molecule has 1 aliphatic rings. The van der Waals surface area contributed by atoms with Gasteiger partial charge in [0, 0.05) is 33.2 Å². The minimum absolute atomic E-state index is 0.103. The van der Waals surface area contributed by atoms with Crippen LogP contribution in [0.15, 0.2) is 0 Å². The molecule has 0 spiro atoms. The van der Waals surface area contributed by atoms with Gasteiger partial charge in [-0.25, -0.2) is 0 Å². The number of aliphatic hydroxyl groups excluding tert-OH is 1. The summed E-state index contributed by atoms with van der Waals surface area (Å²) in [5.41, 5.74) is 0. The Balaban J connectivity index is 2.46. The van der Waals surface area contributed by atoms with Gasteiger partial charge in [-0.2, -0.15) is 11.8 Å². The normalized spacial score (nSPS) is 20.8. The van der Waals surface area contributed by atoms with E-state index in [0.717, 1.165) is 12.2 Å². The molecule has 138 valence electrons. The number of β-amino-alcohol motifs (C(OH)–C–C–N with tert-alkyl or cyclic N) is 1. The lowest BCUT2D eigenvalue weighted by Crippen LogP contribution is -2.56. The first kappa shape index (κ1) is 20.8. The quantitative estimate of drug-likeness (QED) is 0.512. The number of piperidine rings is 1. The van der Waals surface area contributed by atoms with Crippen molar-refractivity contribution in [3.63, 3.8) is 0 Å². The van der Waals surface area contributed by atoms with Gasteiger partial charge >= 0.3 is 11.8 Å². The molecule has 0 radical (unpaired) electrons. The minimum Gasteiger partial charge on any atom is -0.391 e. The molecule has 24 heavy (non-hydrogen) atoms. The lowest BCUT2D eigenvalue weighted by Gasteiger charge is -2.36. The fourth-order valence-corrected chi connectivity index (χ4v) is 3.47. The number of carbonyl (C=O) groups is 3. The van der Waals surface area contributed by atoms with Crippen LogP contribution in [-0.2, 0) is 14.4 Å². The Kier molecular flexibility index (Phi) is 8.55. The van der Waals surface area contributed by atoms with Gasteiger partial charge in [0.25, 0.3) is 0 Å². The Hall–Kier alpha value is -1.28. The average Bonchev–Trinajstić information content (AvgIpc) is 2.49. The van der Waals surface area contributed by atoms with E-state index in [1.54, 1.807) is 11.8 Å². The molecule has 0 aromatic carbocycles. The number of nitrogens with one attached hydrogen (secondary N) is 1. The Morgan fingerprint density at radius 1 is 1.29 bits per heavy atom. The Labute approximate surface area is 148 Å². The van der Waals surface area contributed by atoms with E-state index in [1.165, 1.54) is 23.9 Å². The molecular formula is C16H29N3O4S. The van der Waals surface area contributed by atoms with Gasteiger partial charge in [-0.05, 0) is 24.5 Å². The second-order valence-corrected chi connectivity index (χ2v) is 7.90. The molecule has 0 bridgehead atoms. The molecule has 1 fully saturated rings. The molecule has 2 N–H and O–H groups in total. The van der Waals surface area contributed by atoms with Crippen molar-refractivity contribution in [1.29, 1.82) is 0 Å². The predicted molar refractivity (Wildman–Crippen MR) is 94.6 cm³/mol. The van der Waals surface area contributed by atoms with Crippen molar-refractivity contribution in [2.75, 3.05) is 38.7 Å². The Morgan fingerprint density at radius 2 is 1.96 bits per heavy atom. The largest absolute Gasteiger partial charge is 0.391 e. The fraction of sp³-hybridized carbons (Fsp3) is 0.812. The van der Waals surface area contributed by atoms with Gasteiger partial charge in [0.05, 0.1) is 11.9 Å². The summed E-state index contributed by atoms with van der Waals surface area (Å²) in [6.07, 6.45) is 0.716. The molecule has 1 rings (SSSR count). The molecule has 1 saturated heterocycles. The summed E-state index contributed by atoms with van der Waals surface area (Å²) in [5, 5.41) is 12.8. The molecule has 0 aliphatic carbocycles. The van der Waals surface area contributed by atoms with Crippen LogP contribution in [0.1, 0.15) is 26.7 Å². The van der Waals surface area contributed by atoms with E-state index in [1.807, 2.05) is 0 Å². The molecule has 7 nitrogen and oxygen atoms in total. The van der Waals surface area contributed by atoms with Crippen LogP contribution in [0.5, 0.6) is 0 Å². The smallest absolute Gasteiger partial charge is 0.312 e. The number of likely N-dealkylation sites (N-methyl/N-ethyl adjacent to an activating group) is 1. The zero-order chi connectivity index (χ0) is 18.3. The number of aliphatic hydroxyl groups is 1. The molecule has 2 unspecified atom stereocenters. The number of thioether (sulfide) groups is 1. The van der Waals surface area contributed by atoms with Crippen LogP contribution in [0.4, 0.5) is 0 Å². The molecule has 0 aromatic rings. The number of hydrogen-bond acceptors (Lipinski definition) is 5. The number of carbonyl (C=O) groups excluding carboxylic acids is 3. The zero-order valence-electron chi connectivity index (χ0n) is 14.9. The van der Waals surface area contributed by atoms with E-state index in [9.17, 15) is 19.5 Å². The van der Waals surface area contributed by atoms with Crippen molar-refractivity contribution in [3.8, 4) is 0 Å². The Bertz CT molecular complexity index is 457. The summed E-state index contributed by atoms with van der Waals surface area (Å²) >= 11 is 1.58. The van der Waals surface area contributed by atoms with Crippen LogP contribution in [0.3, 0.4) is 0 Å². The topological polar surface area (TPSA) is 90.0 Å². The van der Waals surface area contributed by atoms with Gasteiger partial charge in [-0.1, -0.05) is 13.8 Å². The number of likely N-dealkylation sites (tertiary alicyclic amines) is 1. The van der Waals surface area contributed by atoms with Crippen molar-refractivity contribution < 1.29 is 19.5 Å². The van der Waals surface area contributed by atoms with Gasteiger partial charge in [0.1, 0.15) is 0 Å². The molecular weight excluding hydrogens is 330 g/mol. The van der Waals surface area contributed by atoms with Crippen LogP contribution in [0.2, 0.25) is 0 Å². The van der Waals surface area contributed by atoms with Crippen molar-refractivity contribution in [2.24, 2.45) is 5.92 Å². The lowest BCUT2D eigenvalue weighted by atomic mass is 10.0. The molecule has 8 heteroatoms. The van der Waals surface area contributed by atoms with Crippen molar-refractivity contribution in [1.82, 2.24) is 15.1 Å². The standard InChI is InChI=1S/C16H29N3O4S/c1-11(2)5-6-24-10-14(21)17-12-7-13(20)9-19(8-12)16(23)15(22)18(3)4/h11-13,20H,5-10H2,1-4H3,(H,17,21). The zero-order valence-corrected chi connectivity index (χ0v) is 15.8. The van der Waals surface area contributed by atoms with E-state index in [2.05, 4.69) is 19.2 Å². The van der Waals surface area contributed by atoms with E-state index >= 15 is 0 Å². The van der Waals surface area contributed by atoms with Crippen LogP contribution in [0, 0.1) is 5.92 Å². The van der Waals surface area contributed by atoms with Crippen LogP contribution in [0.25, 0.3) is 0 Å². The molecule has 3 amide bonds. The number of amides is 3. The highest BCUT2D eigenvalue weighted by Gasteiger charge is 2.33. The van der Waals surface area contributed by atoms with Crippen LogP contribution in [-0.4, -0.2) is 83.5 Å². The monoisotopic (exact) mass is 359 g/mol. The van der Waals surface area contributed by atoms with Gasteiger partial charge in [0.15, 0.2) is 0 Å². The highest BCUT2D eigenvalue weighted by atomic mass is 32.2. The van der Waals surface area contributed by atoms with Crippen LogP contribution < -0.4 is 5.32 Å². The predicted octanol–water partition coefficient (Wildman–Crippen LogP) is -0.0681. The van der Waals surface area contributed by atoms with Gasteiger partial charge in [-0.3, -0.25) is 14.4 Å². The first-order valence-corrected chi connectivity index (χ1v) is 9.41. The fourth-order valence-electron chi connectivity index (χ4n) is 2.42. The summed E-state index contributed by atoms with van der Waals surface area (Å²) in [7, 11) is 3.02. The van der Waals surface area contributed by atoms with Crippen molar-refractivity contribution in [3.05, 3.63) is 0 Å². The van der Waals surface area contributed by atoms with Gasteiger partial charge in [0.2, 0.25) is 5.91 Å². The van der Waals surface area contributed by atoms with Crippen molar-refractivity contribution in [2.45, 2.75) is 38.8 Å². The molecule has 1 heterocycles. The van der Waals surface area contributed by atoms with E-state index < -0.39 is 17.9 Å². The third-order valence-electron chi connectivity index (χ3n) is 3.74. The number of nitrogens with zero attached hydrogens (tertiary/aromatic N) is 2. The third-order valence-corrected chi connectivity index (χ3v) is 4.73. The maximum atomic E-state index is 12.1. The second-order valence-electron chi connectivity index (χ2n) is 6.80. The first-order chi connectivity index (χ1) is 11.2. The van der Waals surface area contributed by atoms with E-state index in [4.69, 9.17) is 0 Å². The minimum atomic E-state index is -0.739. The lowest BCUT2D eigenvalue weighted by molar-refractivity contribution is -0.152. The summed E-state index contributed by atoms with van der Waals surface area (Å²) in [6, 6.07) is -0.328. The van der Waals surface area contributed by atoms with Crippen molar-refractivity contribution >= 4 is 29.5 Å². The summed E-state index contributed by atoms with van der Waals surface area (Å²) < 4.78 is 0. The van der Waals surface area contributed by atoms with E-state index in [-0.39, 0.29) is 25.0 Å². The average molecular weight is 359 g/mol. The van der Waals surface area contributed by atoms with Gasteiger partial charge < -0.3 is 20.2 Å². The Morgan fingerprint density at radius 3 is 2.54 bits per heavy atom. The molecule has 2 atom stereocenters. The van der Waals surface area contributed by atoms with Crippen LogP contribution >= 0.6 is 11.8 Å². The molecule has 1 aliphatic heterocycles. The molecule has 0 saturated carbocycles. The number of hydrogen-bond donors (Lipinski definition) is 2. The summed E-state index contributed by atoms with van der Waals surface area (Å²) in [6.45, 7) is 4.65. The number of rotatable bonds is 6. The van der Waals surface area contributed by atoms with E-state index in [0.29, 0.717) is 18.1 Å². The maximum absolute atomic E-state index is 12.1. The van der Waals surface area contributed by atoms with Gasteiger partial charge in [-0.15, -0.1) is 0 Å². The highest BCUT2D eigenvalue weighted by molar-refractivity contribution is 7.99. The second kappa shape index (κ2) is 9.88.